The molecule has 0 aliphatic carbocycles. The Balaban J connectivity index is 1.92. The first-order valence-electron chi connectivity index (χ1n) is 7.41. The number of nitrogens with two attached hydrogens (primary N) is 1. The minimum atomic E-state index is 0.159. The molecule has 20 heavy (non-hydrogen) atoms. The number of piperazine rings is 1. The van der Waals surface area contributed by atoms with Crippen LogP contribution in [0.3, 0.4) is 0 Å². The highest BCUT2D eigenvalue weighted by molar-refractivity contribution is 5.94. The summed E-state index contributed by atoms with van der Waals surface area (Å²) < 4.78 is 0. The van der Waals surface area contributed by atoms with Gasteiger partial charge in [0.2, 0.25) is 0 Å². The highest BCUT2D eigenvalue weighted by Gasteiger charge is 2.21. The number of carbonyl (C=O) groups excluding carboxylic acids is 1. The van der Waals surface area contributed by atoms with Gasteiger partial charge in [-0.3, -0.25) is 9.69 Å². The topological polar surface area (TPSA) is 49.6 Å². The molecule has 1 saturated heterocycles. The van der Waals surface area contributed by atoms with E-state index in [4.69, 9.17) is 5.73 Å². The molecule has 0 bridgehead atoms. The van der Waals surface area contributed by atoms with Crippen LogP contribution in [0.15, 0.2) is 18.2 Å². The van der Waals surface area contributed by atoms with Crippen LogP contribution in [0.2, 0.25) is 0 Å². The molecule has 1 heterocycles. The first-order valence-corrected chi connectivity index (χ1v) is 7.41. The molecule has 1 aromatic carbocycles. The summed E-state index contributed by atoms with van der Waals surface area (Å²) in [5.74, 6) is 0.159. The van der Waals surface area contributed by atoms with Crippen molar-refractivity contribution in [2.75, 3.05) is 39.3 Å². The molecule has 0 saturated carbocycles. The second-order valence-electron chi connectivity index (χ2n) is 5.58. The highest BCUT2D eigenvalue weighted by Crippen LogP contribution is 2.13. The molecule has 110 valence electrons. The average Bonchev–Trinajstić information content (AvgIpc) is 2.48. The Kier molecular flexibility index (Phi) is 5.15. The zero-order chi connectivity index (χ0) is 14.5. The maximum Gasteiger partial charge on any atom is 0.253 e. The van der Waals surface area contributed by atoms with Crippen molar-refractivity contribution in [2.45, 2.75) is 20.3 Å². The number of nitrogens with zero attached hydrogens (tertiary/aromatic N) is 2. The Labute approximate surface area is 121 Å². The summed E-state index contributed by atoms with van der Waals surface area (Å²) in [4.78, 5) is 16.8. The molecular formula is C16H25N3O. The van der Waals surface area contributed by atoms with Gasteiger partial charge in [-0.25, -0.2) is 0 Å². The van der Waals surface area contributed by atoms with Gasteiger partial charge >= 0.3 is 0 Å². The van der Waals surface area contributed by atoms with E-state index in [1.165, 1.54) is 11.1 Å². The van der Waals surface area contributed by atoms with Gasteiger partial charge in [-0.05, 0) is 56.6 Å². The van der Waals surface area contributed by atoms with Crippen molar-refractivity contribution in [1.82, 2.24) is 9.80 Å². The third kappa shape index (κ3) is 3.58. The lowest BCUT2D eigenvalue weighted by atomic mass is 10.1. The van der Waals surface area contributed by atoms with Gasteiger partial charge < -0.3 is 10.6 Å². The first kappa shape index (κ1) is 15.0. The first-order chi connectivity index (χ1) is 9.61. The maximum atomic E-state index is 12.5. The summed E-state index contributed by atoms with van der Waals surface area (Å²) in [6.45, 7) is 9.44. The highest BCUT2D eigenvalue weighted by atomic mass is 16.2. The molecule has 1 fully saturated rings. The van der Waals surface area contributed by atoms with Gasteiger partial charge in [-0.1, -0.05) is 6.07 Å². The fourth-order valence-electron chi connectivity index (χ4n) is 2.55. The van der Waals surface area contributed by atoms with Gasteiger partial charge in [0.1, 0.15) is 0 Å². The van der Waals surface area contributed by atoms with Crippen molar-refractivity contribution >= 4 is 5.91 Å². The van der Waals surface area contributed by atoms with Crippen LogP contribution in [-0.2, 0) is 0 Å². The molecule has 4 heteroatoms. The molecule has 1 amide bonds. The Morgan fingerprint density at radius 1 is 1.15 bits per heavy atom. The molecule has 1 aliphatic heterocycles. The standard InChI is InChI=1S/C16H25N3O/c1-13-4-5-15(12-14(13)2)16(20)19-10-8-18(9-11-19)7-3-6-17/h4-5,12H,3,6-11,17H2,1-2H3. The van der Waals surface area contributed by atoms with Crippen LogP contribution in [0.25, 0.3) is 0 Å². The summed E-state index contributed by atoms with van der Waals surface area (Å²) in [6, 6.07) is 5.96. The van der Waals surface area contributed by atoms with E-state index in [1.807, 2.05) is 23.1 Å². The summed E-state index contributed by atoms with van der Waals surface area (Å²) in [5, 5.41) is 0. The number of aryl methyl sites for hydroxylation is 2. The van der Waals surface area contributed by atoms with Crippen LogP contribution in [0.1, 0.15) is 27.9 Å². The summed E-state index contributed by atoms with van der Waals surface area (Å²) in [7, 11) is 0. The minimum absolute atomic E-state index is 0.159. The van der Waals surface area contributed by atoms with Crippen LogP contribution >= 0.6 is 0 Å². The molecule has 1 aromatic rings. The van der Waals surface area contributed by atoms with E-state index in [9.17, 15) is 4.79 Å². The fraction of sp³-hybridized carbons (Fsp3) is 0.562. The van der Waals surface area contributed by atoms with Gasteiger partial charge in [0.05, 0.1) is 0 Å². The summed E-state index contributed by atoms with van der Waals surface area (Å²) in [5.41, 5.74) is 8.75. The molecule has 0 atom stereocenters. The van der Waals surface area contributed by atoms with E-state index in [0.717, 1.165) is 51.3 Å². The Morgan fingerprint density at radius 3 is 2.45 bits per heavy atom. The lowest BCUT2D eigenvalue weighted by Crippen LogP contribution is -2.49. The molecule has 0 radical (unpaired) electrons. The van der Waals surface area contributed by atoms with Crippen molar-refractivity contribution < 1.29 is 4.79 Å². The zero-order valence-electron chi connectivity index (χ0n) is 12.6. The molecule has 0 unspecified atom stereocenters. The number of rotatable bonds is 4. The molecule has 2 N–H and O–H groups in total. The number of carbonyl (C=O) groups is 1. The van der Waals surface area contributed by atoms with E-state index < -0.39 is 0 Å². The molecule has 0 spiro atoms. The molecule has 0 aromatic heterocycles. The molecule has 2 rings (SSSR count). The van der Waals surface area contributed by atoms with Crippen molar-refractivity contribution in [3.63, 3.8) is 0 Å². The monoisotopic (exact) mass is 275 g/mol. The zero-order valence-corrected chi connectivity index (χ0v) is 12.6. The third-order valence-corrected chi connectivity index (χ3v) is 4.09. The van der Waals surface area contributed by atoms with Gasteiger partial charge in [0.25, 0.3) is 5.91 Å². The fourth-order valence-corrected chi connectivity index (χ4v) is 2.55. The predicted octanol–water partition coefficient (Wildman–Crippen LogP) is 1.41. The third-order valence-electron chi connectivity index (χ3n) is 4.09. The summed E-state index contributed by atoms with van der Waals surface area (Å²) in [6.07, 6.45) is 1.03. The van der Waals surface area contributed by atoms with E-state index >= 15 is 0 Å². The van der Waals surface area contributed by atoms with E-state index in [1.54, 1.807) is 0 Å². The molecule has 1 aliphatic rings. The second kappa shape index (κ2) is 6.86. The number of hydrogen-bond donors (Lipinski definition) is 1. The van der Waals surface area contributed by atoms with Crippen molar-refractivity contribution in [1.29, 1.82) is 0 Å². The van der Waals surface area contributed by atoms with Crippen molar-refractivity contribution in [3.05, 3.63) is 34.9 Å². The largest absolute Gasteiger partial charge is 0.336 e. The van der Waals surface area contributed by atoms with E-state index in [-0.39, 0.29) is 5.91 Å². The van der Waals surface area contributed by atoms with Gasteiger partial charge in [0.15, 0.2) is 0 Å². The lowest BCUT2D eigenvalue weighted by molar-refractivity contribution is 0.0636. The van der Waals surface area contributed by atoms with Crippen LogP contribution in [0.5, 0.6) is 0 Å². The van der Waals surface area contributed by atoms with E-state index in [0.29, 0.717) is 0 Å². The van der Waals surface area contributed by atoms with E-state index in [2.05, 4.69) is 18.7 Å². The molecule has 4 nitrogen and oxygen atoms in total. The lowest BCUT2D eigenvalue weighted by Gasteiger charge is -2.34. The van der Waals surface area contributed by atoms with Gasteiger partial charge in [0, 0.05) is 31.7 Å². The van der Waals surface area contributed by atoms with Gasteiger partial charge in [-0.15, -0.1) is 0 Å². The molecular weight excluding hydrogens is 250 g/mol. The Bertz CT molecular complexity index is 465. The smallest absolute Gasteiger partial charge is 0.253 e. The normalized spacial score (nSPS) is 16.4. The number of benzene rings is 1. The van der Waals surface area contributed by atoms with Crippen molar-refractivity contribution in [2.24, 2.45) is 5.73 Å². The average molecular weight is 275 g/mol. The number of hydrogen-bond acceptors (Lipinski definition) is 3. The van der Waals surface area contributed by atoms with Crippen LogP contribution in [0.4, 0.5) is 0 Å². The second-order valence-corrected chi connectivity index (χ2v) is 5.58. The SMILES string of the molecule is Cc1ccc(C(=O)N2CCN(CCCN)CC2)cc1C. The van der Waals surface area contributed by atoms with Crippen molar-refractivity contribution in [3.8, 4) is 0 Å². The van der Waals surface area contributed by atoms with Crippen LogP contribution in [0, 0.1) is 13.8 Å². The van der Waals surface area contributed by atoms with Gasteiger partial charge in [-0.2, -0.15) is 0 Å². The predicted molar refractivity (Wildman–Crippen MR) is 81.9 cm³/mol. The quantitative estimate of drug-likeness (QED) is 0.904. The Morgan fingerprint density at radius 2 is 1.85 bits per heavy atom. The van der Waals surface area contributed by atoms with Crippen LogP contribution < -0.4 is 5.73 Å². The van der Waals surface area contributed by atoms with Crippen LogP contribution in [-0.4, -0.2) is 55.0 Å². The minimum Gasteiger partial charge on any atom is -0.336 e. The summed E-state index contributed by atoms with van der Waals surface area (Å²) >= 11 is 0. The number of amides is 1. The Hall–Kier alpha value is -1.39. The maximum absolute atomic E-state index is 12.5.